The third-order valence-electron chi connectivity index (χ3n) is 12.9. The Morgan fingerprint density at radius 1 is 0.896 bits per heavy atom. The zero-order valence-electron chi connectivity index (χ0n) is 28.8. The summed E-state index contributed by atoms with van der Waals surface area (Å²) in [7, 11) is -9.88. The number of aliphatic hydroxyl groups excluding tert-OH is 4. The monoisotopic (exact) mass is 724 g/mol. The van der Waals surface area contributed by atoms with Gasteiger partial charge in [-0.3, -0.25) is 13.6 Å². The molecule has 7 N–H and O–H groups in total. The minimum Gasteiger partial charge on any atom is -0.389 e. The predicted molar refractivity (Wildman–Crippen MR) is 175 cm³/mol. The fourth-order valence-electron chi connectivity index (χ4n) is 10.4. The first kappa shape index (κ1) is 39.0. The lowest BCUT2D eigenvalue weighted by atomic mass is 9.46. The summed E-state index contributed by atoms with van der Waals surface area (Å²) in [6.45, 7) is 10.8. The molecule has 0 radical (unpaired) electrons. The van der Waals surface area contributed by atoms with E-state index >= 15 is 0 Å². The van der Waals surface area contributed by atoms with Crippen molar-refractivity contribution in [1.29, 1.82) is 0 Å². The van der Waals surface area contributed by atoms with Crippen molar-refractivity contribution in [1.82, 2.24) is 0 Å². The van der Waals surface area contributed by atoms with Crippen molar-refractivity contribution in [2.45, 2.75) is 142 Å². The summed E-state index contributed by atoms with van der Waals surface area (Å²) < 4.78 is 44.5. The first-order chi connectivity index (χ1) is 22.3. The Morgan fingerprint density at radius 3 is 2.27 bits per heavy atom. The van der Waals surface area contributed by atoms with Crippen molar-refractivity contribution < 1.29 is 62.5 Å². The van der Waals surface area contributed by atoms with Crippen LogP contribution in [0.2, 0.25) is 0 Å². The smallest absolute Gasteiger partial charge is 0.389 e. The molecule has 0 aromatic rings. The fourth-order valence-corrected chi connectivity index (χ4v) is 11.8. The van der Waals surface area contributed by atoms with Crippen molar-refractivity contribution >= 4 is 15.6 Å². The van der Waals surface area contributed by atoms with Gasteiger partial charge in [-0.1, -0.05) is 65.5 Å². The van der Waals surface area contributed by atoms with Crippen LogP contribution in [0.5, 0.6) is 0 Å². The average Bonchev–Trinajstić information content (AvgIpc) is 3.34. The predicted octanol–water partition coefficient (Wildman–Crippen LogP) is 4.42. The molecule has 278 valence electrons. The molecule has 2 unspecified atom stereocenters. The van der Waals surface area contributed by atoms with Crippen LogP contribution in [0.25, 0.3) is 0 Å². The van der Waals surface area contributed by atoms with Crippen LogP contribution in [-0.4, -0.2) is 84.6 Å². The molecule has 0 bridgehead atoms. The molecular formula is C33H58O13P2. The second kappa shape index (κ2) is 14.6. The molecule has 15 atom stereocenters. The van der Waals surface area contributed by atoms with Crippen LogP contribution >= 0.6 is 15.6 Å². The standard InChI is InChI=1S/C33H58O13P2/c1-18(2)7-6-8-19(3)22-9-10-23-27-24(12-14-33(22,23)5)32(4)13-11-21(15-20(32)16-25(27)34)45-48(41,42)46-31-30(37)29(36)28(35)26(44-31)17-43-47(38,39)40/h16,18-19,21-31,34-37H,6-15,17H2,1-5H3,(H,41,42)(H2,38,39,40)/t19-,21+,22-,23+,24+,25?,26-,27+,28+,29-,30-,31-,32+,33-/m1/s1. The van der Waals surface area contributed by atoms with E-state index in [2.05, 4.69) is 39.1 Å². The van der Waals surface area contributed by atoms with E-state index in [1.54, 1.807) is 0 Å². The van der Waals surface area contributed by atoms with Gasteiger partial charge in [-0.25, -0.2) is 9.13 Å². The molecule has 0 aromatic heterocycles. The maximum Gasteiger partial charge on any atom is 0.474 e. The zero-order valence-corrected chi connectivity index (χ0v) is 30.6. The highest BCUT2D eigenvalue weighted by molar-refractivity contribution is 7.47. The largest absolute Gasteiger partial charge is 0.474 e. The van der Waals surface area contributed by atoms with Crippen molar-refractivity contribution in [3.63, 3.8) is 0 Å². The molecule has 48 heavy (non-hydrogen) atoms. The Labute approximate surface area is 284 Å². The van der Waals surface area contributed by atoms with Gasteiger partial charge in [0, 0.05) is 0 Å². The van der Waals surface area contributed by atoms with Gasteiger partial charge in [-0.15, -0.1) is 0 Å². The summed E-state index contributed by atoms with van der Waals surface area (Å²) in [5.41, 5.74) is 1.04. The number of fused-ring (bicyclic) bond motifs is 5. The van der Waals surface area contributed by atoms with Gasteiger partial charge in [0.1, 0.15) is 24.4 Å². The lowest BCUT2D eigenvalue weighted by Gasteiger charge is -2.59. The van der Waals surface area contributed by atoms with Crippen LogP contribution in [0.15, 0.2) is 11.6 Å². The zero-order chi connectivity index (χ0) is 35.4. The van der Waals surface area contributed by atoms with Crippen LogP contribution in [0.3, 0.4) is 0 Å². The SMILES string of the molecule is CC(C)CCC[C@@H](C)[C@H]1CC[C@H]2[C@@H]3C(O)C=C4C[C@@H](OP(=O)(O)O[C@H]5O[C@H](COP(=O)(O)O)[C@H](O)[C@@H](O)[C@H]5O)CC[C@]4(C)[C@H]3CC[C@]12C. The van der Waals surface area contributed by atoms with Gasteiger partial charge < -0.3 is 39.8 Å². The minimum atomic E-state index is -4.96. The Morgan fingerprint density at radius 2 is 1.60 bits per heavy atom. The van der Waals surface area contributed by atoms with Gasteiger partial charge in [0.25, 0.3) is 0 Å². The quantitative estimate of drug-likeness (QED) is 0.110. The van der Waals surface area contributed by atoms with Crippen LogP contribution in [0, 0.1) is 46.3 Å². The van der Waals surface area contributed by atoms with Crippen molar-refractivity contribution in [3.8, 4) is 0 Å². The molecule has 0 aromatic carbocycles. The van der Waals surface area contributed by atoms with E-state index in [4.69, 9.17) is 23.6 Å². The highest BCUT2D eigenvalue weighted by atomic mass is 31.2. The molecule has 5 aliphatic rings. The van der Waals surface area contributed by atoms with E-state index < -0.39 is 65.2 Å². The van der Waals surface area contributed by atoms with Crippen molar-refractivity contribution in [2.75, 3.05) is 6.61 Å². The fraction of sp³-hybridized carbons (Fsp3) is 0.939. The molecule has 1 aliphatic heterocycles. The van der Waals surface area contributed by atoms with Gasteiger partial charge in [-0.2, -0.15) is 0 Å². The Balaban J connectivity index is 1.23. The van der Waals surface area contributed by atoms with E-state index in [9.17, 15) is 34.4 Å². The van der Waals surface area contributed by atoms with Crippen molar-refractivity contribution in [3.05, 3.63) is 11.6 Å². The number of phosphoric ester groups is 2. The normalized spacial score (nSPS) is 45.1. The maximum atomic E-state index is 13.1. The second-order valence-electron chi connectivity index (χ2n) is 16.3. The van der Waals surface area contributed by atoms with Crippen LogP contribution in [0.4, 0.5) is 0 Å². The van der Waals surface area contributed by atoms with Gasteiger partial charge in [0.05, 0.1) is 18.8 Å². The summed E-state index contributed by atoms with van der Waals surface area (Å²) in [5.74, 6) is 2.96. The molecule has 15 heteroatoms. The summed E-state index contributed by atoms with van der Waals surface area (Å²) in [5, 5.41) is 42.4. The molecule has 0 amide bonds. The molecule has 13 nitrogen and oxygen atoms in total. The Bertz CT molecular complexity index is 1260. The molecule has 3 saturated carbocycles. The van der Waals surface area contributed by atoms with Crippen LogP contribution in [-0.2, 0) is 27.4 Å². The van der Waals surface area contributed by atoms with Gasteiger partial charge in [0.2, 0.25) is 0 Å². The average molecular weight is 725 g/mol. The lowest BCUT2D eigenvalue weighted by molar-refractivity contribution is -0.280. The first-order valence-corrected chi connectivity index (χ1v) is 20.8. The lowest BCUT2D eigenvalue weighted by Crippen LogP contribution is -2.59. The molecule has 4 aliphatic carbocycles. The molecule has 5 rings (SSSR count). The number of hydrogen-bond acceptors (Lipinski definition) is 10. The van der Waals surface area contributed by atoms with Crippen LogP contribution in [0.1, 0.15) is 98.8 Å². The summed E-state index contributed by atoms with van der Waals surface area (Å²) >= 11 is 0. The number of hydrogen-bond donors (Lipinski definition) is 7. The number of phosphoric acid groups is 2. The number of ether oxygens (including phenoxy) is 1. The van der Waals surface area contributed by atoms with E-state index in [1.807, 2.05) is 6.08 Å². The van der Waals surface area contributed by atoms with E-state index in [1.165, 1.54) is 25.7 Å². The van der Waals surface area contributed by atoms with Gasteiger partial charge >= 0.3 is 15.6 Å². The highest BCUT2D eigenvalue weighted by Gasteiger charge is 2.61. The van der Waals surface area contributed by atoms with E-state index in [0.717, 1.165) is 30.8 Å². The Kier molecular flexibility index (Phi) is 11.9. The van der Waals surface area contributed by atoms with Crippen LogP contribution < -0.4 is 0 Å². The molecular weight excluding hydrogens is 666 g/mol. The van der Waals surface area contributed by atoms with Gasteiger partial charge in [-0.05, 0) is 91.3 Å². The maximum absolute atomic E-state index is 13.1. The molecule has 0 spiro atoms. The summed E-state index contributed by atoms with van der Waals surface area (Å²) in [6.07, 6.45) is 1.14. The molecule has 4 fully saturated rings. The topological polar surface area (TPSA) is 213 Å². The van der Waals surface area contributed by atoms with Gasteiger partial charge in [0.15, 0.2) is 6.29 Å². The third kappa shape index (κ3) is 8.04. The Hall–Kier alpha value is -0.240. The third-order valence-corrected chi connectivity index (χ3v) is 14.4. The molecule has 1 saturated heterocycles. The number of rotatable bonds is 12. The molecule has 1 heterocycles. The minimum absolute atomic E-state index is 0.171. The summed E-state index contributed by atoms with van der Waals surface area (Å²) in [4.78, 5) is 28.6. The highest BCUT2D eigenvalue weighted by Crippen LogP contribution is 2.68. The van der Waals surface area contributed by atoms with Crippen molar-refractivity contribution in [2.24, 2.45) is 46.3 Å². The summed E-state index contributed by atoms with van der Waals surface area (Å²) in [6, 6.07) is 0. The van der Waals surface area contributed by atoms with E-state index in [-0.39, 0.29) is 16.7 Å². The first-order valence-electron chi connectivity index (χ1n) is 17.7. The number of aliphatic hydroxyl groups is 4. The second-order valence-corrected chi connectivity index (χ2v) is 18.9. The van der Waals surface area contributed by atoms with E-state index in [0.29, 0.717) is 42.9 Å².